The number of carbonyl (C=O) groups excluding carboxylic acids is 1. The van der Waals surface area contributed by atoms with E-state index in [0.29, 0.717) is 11.6 Å². The van der Waals surface area contributed by atoms with Crippen LogP contribution in [0.3, 0.4) is 0 Å². The highest BCUT2D eigenvalue weighted by molar-refractivity contribution is 5.97. The van der Waals surface area contributed by atoms with E-state index in [1.807, 2.05) is 30.3 Å². The van der Waals surface area contributed by atoms with Gasteiger partial charge in [-0.3, -0.25) is 0 Å². The molecule has 4 heteroatoms. The monoisotopic (exact) mass is 453 g/mol. The van der Waals surface area contributed by atoms with Crippen LogP contribution < -0.4 is 10.1 Å². The van der Waals surface area contributed by atoms with Crippen molar-refractivity contribution in [3.63, 3.8) is 0 Å². The maximum atomic E-state index is 13.1. The van der Waals surface area contributed by atoms with Crippen LogP contribution in [0.1, 0.15) is 84.5 Å². The molecule has 3 aliphatic rings. The number of anilines is 1. The number of unbranched alkanes of at least 4 members (excludes halogenated alkanes) is 1. The Morgan fingerprint density at radius 2 is 1.76 bits per heavy atom. The van der Waals surface area contributed by atoms with E-state index in [1.165, 1.54) is 37.7 Å². The average Bonchev–Trinajstić information content (AvgIpc) is 3.16. The number of benzene rings is 3. The van der Waals surface area contributed by atoms with E-state index >= 15 is 0 Å². The zero-order chi connectivity index (χ0) is 23.1. The lowest BCUT2D eigenvalue weighted by Crippen LogP contribution is -2.33. The van der Waals surface area contributed by atoms with Crippen LogP contribution in [0, 0.1) is 0 Å². The number of hydrogen-bond donors (Lipinski definition) is 1. The lowest BCUT2D eigenvalue weighted by atomic mass is 9.77. The van der Waals surface area contributed by atoms with Gasteiger partial charge in [-0.1, -0.05) is 56.9 Å². The van der Waals surface area contributed by atoms with Crippen LogP contribution in [0.15, 0.2) is 60.7 Å². The molecule has 174 valence electrons. The summed E-state index contributed by atoms with van der Waals surface area (Å²) in [5.74, 6) is 1.23. The highest BCUT2D eigenvalue weighted by atomic mass is 16.6. The second kappa shape index (κ2) is 8.50. The van der Waals surface area contributed by atoms with Crippen LogP contribution in [0.2, 0.25) is 0 Å². The molecule has 34 heavy (non-hydrogen) atoms. The maximum absolute atomic E-state index is 13.1. The molecular formula is C30H31NO3. The minimum atomic E-state index is -0.984. The highest BCUT2D eigenvalue weighted by Gasteiger charge is 2.53. The van der Waals surface area contributed by atoms with E-state index in [0.717, 1.165) is 53.1 Å². The lowest BCUT2D eigenvalue weighted by molar-refractivity contribution is 0.0224. The molecule has 1 N–H and O–H groups in total. The van der Waals surface area contributed by atoms with Gasteiger partial charge in [-0.05, 0) is 61.6 Å². The first-order chi connectivity index (χ1) is 16.7. The van der Waals surface area contributed by atoms with Crippen LogP contribution in [0.4, 0.5) is 5.69 Å². The van der Waals surface area contributed by atoms with Crippen molar-refractivity contribution >= 4 is 11.7 Å². The molecule has 0 amide bonds. The Morgan fingerprint density at radius 3 is 2.62 bits per heavy atom. The van der Waals surface area contributed by atoms with Crippen molar-refractivity contribution in [3.05, 3.63) is 88.5 Å². The number of fused-ring (bicyclic) bond motifs is 6. The molecule has 1 unspecified atom stereocenters. The van der Waals surface area contributed by atoms with Gasteiger partial charge in [-0.15, -0.1) is 0 Å². The lowest BCUT2D eigenvalue weighted by Gasteiger charge is -2.37. The number of esters is 1. The summed E-state index contributed by atoms with van der Waals surface area (Å²) in [4.78, 5) is 13.1. The fourth-order valence-corrected chi connectivity index (χ4v) is 5.83. The zero-order valence-electron chi connectivity index (χ0n) is 19.7. The maximum Gasteiger partial charge on any atom is 0.340 e. The van der Waals surface area contributed by atoms with Gasteiger partial charge in [0.05, 0.1) is 5.56 Å². The fraction of sp³-hybridized carbons (Fsp3) is 0.367. The molecule has 1 aliphatic carbocycles. The Hall–Kier alpha value is -3.27. The number of aryl methyl sites for hydroxylation is 1. The van der Waals surface area contributed by atoms with Crippen LogP contribution in [-0.4, -0.2) is 12.0 Å². The Labute approximate surface area is 201 Å². The van der Waals surface area contributed by atoms with Crippen molar-refractivity contribution in [1.82, 2.24) is 0 Å². The van der Waals surface area contributed by atoms with E-state index in [1.54, 1.807) is 0 Å². The van der Waals surface area contributed by atoms with E-state index in [4.69, 9.17) is 9.47 Å². The van der Waals surface area contributed by atoms with Gasteiger partial charge < -0.3 is 14.8 Å². The average molecular weight is 454 g/mol. The summed E-state index contributed by atoms with van der Waals surface area (Å²) >= 11 is 0. The third-order valence-electron chi connectivity index (χ3n) is 7.57. The van der Waals surface area contributed by atoms with Crippen LogP contribution in [-0.2, 0) is 16.8 Å². The molecule has 1 saturated carbocycles. The van der Waals surface area contributed by atoms with E-state index in [9.17, 15) is 4.79 Å². The zero-order valence-corrected chi connectivity index (χ0v) is 19.7. The van der Waals surface area contributed by atoms with Crippen molar-refractivity contribution in [3.8, 4) is 11.5 Å². The number of carbonyl (C=O) groups is 1. The van der Waals surface area contributed by atoms with Crippen LogP contribution >= 0.6 is 0 Å². The molecule has 6 rings (SSSR count). The van der Waals surface area contributed by atoms with E-state index < -0.39 is 5.60 Å². The Morgan fingerprint density at radius 1 is 0.912 bits per heavy atom. The molecule has 4 nitrogen and oxygen atoms in total. The largest absolute Gasteiger partial charge is 0.456 e. The second-order valence-electron chi connectivity index (χ2n) is 9.84. The summed E-state index contributed by atoms with van der Waals surface area (Å²) in [6.45, 7) is 2.20. The summed E-state index contributed by atoms with van der Waals surface area (Å²) in [5, 5.41) is 3.71. The molecule has 2 heterocycles. The molecule has 0 bridgehead atoms. The SMILES string of the molecule is CCCCc1ccc2c(c1)C1(OC(=O)c3ccccc31)c1ccc(NC3CCCCC3)cc1O2. The number of ether oxygens (including phenoxy) is 2. The van der Waals surface area contributed by atoms with Crippen molar-refractivity contribution in [2.45, 2.75) is 69.9 Å². The molecule has 0 saturated heterocycles. The Bertz CT molecular complexity index is 1240. The third-order valence-corrected chi connectivity index (χ3v) is 7.57. The molecule has 0 aromatic heterocycles. The summed E-state index contributed by atoms with van der Waals surface area (Å²) in [6.07, 6.45) is 9.55. The Balaban J connectivity index is 1.48. The van der Waals surface area contributed by atoms with Crippen molar-refractivity contribution in [1.29, 1.82) is 0 Å². The van der Waals surface area contributed by atoms with Crippen LogP contribution in [0.5, 0.6) is 11.5 Å². The molecule has 3 aromatic carbocycles. The van der Waals surface area contributed by atoms with E-state index in [2.05, 4.69) is 42.6 Å². The number of rotatable bonds is 5. The van der Waals surface area contributed by atoms with Crippen LogP contribution in [0.25, 0.3) is 0 Å². The van der Waals surface area contributed by atoms with Gasteiger partial charge in [0.2, 0.25) is 0 Å². The smallest absolute Gasteiger partial charge is 0.340 e. The van der Waals surface area contributed by atoms with Gasteiger partial charge in [0.25, 0.3) is 0 Å². The van der Waals surface area contributed by atoms with Gasteiger partial charge in [0.15, 0.2) is 5.60 Å². The molecule has 0 radical (unpaired) electrons. The second-order valence-corrected chi connectivity index (χ2v) is 9.84. The van der Waals surface area contributed by atoms with Gasteiger partial charge in [0.1, 0.15) is 11.5 Å². The Kier molecular flexibility index (Phi) is 5.32. The van der Waals surface area contributed by atoms with Gasteiger partial charge in [0, 0.05) is 34.5 Å². The van der Waals surface area contributed by atoms with Crippen molar-refractivity contribution in [2.75, 3.05) is 5.32 Å². The third kappa shape index (κ3) is 3.39. The molecule has 2 aliphatic heterocycles. The first kappa shape index (κ1) is 21.3. The van der Waals surface area contributed by atoms with Crippen molar-refractivity contribution < 1.29 is 14.3 Å². The standard InChI is InChI=1S/C30H31NO3/c1-2-3-9-20-14-17-27-26(18-20)30(24-13-8-7-12-23(24)29(32)34-30)25-16-15-22(19-28(25)33-27)31-21-10-5-4-6-11-21/h7-8,12-19,21,31H,2-6,9-11H2,1H3. The van der Waals surface area contributed by atoms with E-state index in [-0.39, 0.29) is 5.97 Å². The molecule has 1 spiro atoms. The summed E-state index contributed by atoms with van der Waals surface area (Å²) in [7, 11) is 0. The fourth-order valence-electron chi connectivity index (χ4n) is 5.83. The topological polar surface area (TPSA) is 47.6 Å². The first-order valence-corrected chi connectivity index (χ1v) is 12.7. The number of nitrogens with one attached hydrogen (secondary N) is 1. The normalized spacial score (nSPS) is 20.8. The van der Waals surface area contributed by atoms with Gasteiger partial charge in [-0.25, -0.2) is 4.79 Å². The minimum Gasteiger partial charge on any atom is -0.456 e. The predicted molar refractivity (Wildman–Crippen MR) is 134 cm³/mol. The van der Waals surface area contributed by atoms with Gasteiger partial charge in [-0.2, -0.15) is 0 Å². The minimum absolute atomic E-state index is 0.280. The van der Waals surface area contributed by atoms with Gasteiger partial charge >= 0.3 is 5.97 Å². The summed E-state index contributed by atoms with van der Waals surface area (Å²) < 4.78 is 12.8. The molecule has 1 fully saturated rings. The molecule has 3 aromatic rings. The predicted octanol–water partition coefficient (Wildman–Crippen LogP) is 7.34. The quantitative estimate of drug-likeness (QED) is 0.411. The summed E-state index contributed by atoms with van der Waals surface area (Å²) in [6, 6.07) is 20.9. The first-order valence-electron chi connectivity index (χ1n) is 12.7. The summed E-state index contributed by atoms with van der Waals surface area (Å²) in [5.41, 5.74) is 4.64. The molecular weight excluding hydrogens is 422 g/mol. The highest BCUT2D eigenvalue weighted by Crippen LogP contribution is 2.56. The number of hydrogen-bond acceptors (Lipinski definition) is 4. The van der Waals surface area contributed by atoms with Crippen molar-refractivity contribution in [2.24, 2.45) is 0 Å². The molecule has 1 atom stereocenters.